The molecule has 0 aliphatic carbocycles. The average molecular weight is 340 g/mol. The van der Waals surface area contributed by atoms with Gasteiger partial charge in [-0.2, -0.15) is 13.2 Å². The van der Waals surface area contributed by atoms with Gasteiger partial charge in [0.25, 0.3) is 11.8 Å². The zero-order chi connectivity index (χ0) is 18.2. The van der Waals surface area contributed by atoms with Gasteiger partial charge in [0.1, 0.15) is 6.04 Å². The van der Waals surface area contributed by atoms with Crippen molar-refractivity contribution in [3.8, 4) is 0 Å². The van der Waals surface area contributed by atoms with E-state index in [2.05, 4.69) is 0 Å². The number of carboxylic acids is 2. The molecule has 130 valence electrons. The molecule has 0 aromatic carbocycles. The molecular formula is C12H15F3N2O6. The van der Waals surface area contributed by atoms with E-state index >= 15 is 0 Å². The van der Waals surface area contributed by atoms with Crippen LogP contribution in [-0.2, 0) is 19.2 Å². The summed E-state index contributed by atoms with van der Waals surface area (Å²) in [4.78, 5) is 42.7. The molecule has 2 amide bonds. The zero-order valence-electron chi connectivity index (χ0n) is 11.7. The standard InChI is InChI=1S/C10H14N2O4.C2HF3O2/c11-7(10(15)16)3-1-2-6-12-8(13)4-5-9(12)14;3-2(4,5)1(6)7/h4-5,7H,1-3,6,11H2,(H,15,16);(H,6,7)/t7-;/m0./s1. The van der Waals surface area contributed by atoms with Crippen LogP contribution in [0.1, 0.15) is 19.3 Å². The van der Waals surface area contributed by atoms with Gasteiger partial charge in [-0.15, -0.1) is 0 Å². The maximum absolute atomic E-state index is 11.1. The first-order valence-corrected chi connectivity index (χ1v) is 6.29. The van der Waals surface area contributed by atoms with E-state index in [0.717, 1.165) is 4.90 Å². The predicted molar refractivity (Wildman–Crippen MR) is 69.0 cm³/mol. The molecule has 1 aliphatic rings. The zero-order valence-corrected chi connectivity index (χ0v) is 11.7. The van der Waals surface area contributed by atoms with Gasteiger partial charge in [-0.05, 0) is 19.3 Å². The number of carbonyl (C=O) groups excluding carboxylic acids is 2. The Morgan fingerprint density at radius 2 is 1.57 bits per heavy atom. The third-order valence-electron chi connectivity index (χ3n) is 2.61. The van der Waals surface area contributed by atoms with Gasteiger partial charge in [-0.1, -0.05) is 0 Å². The molecular weight excluding hydrogens is 325 g/mol. The van der Waals surface area contributed by atoms with Crippen LogP contribution in [0.3, 0.4) is 0 Å². The number of hydrogen-bond acceptors (Lipinski definition) is 5. The van der Waals surface area contributed by atoms with Crippen LogP contribution < -0.4 is 5.73 Å². The number of aliphatic carboxylic acids is 2. The minimum absolute atomic E-state index is 0.312. The first-order valence-electron chi connectivity index (χ1n) is 6.29. The van der Waals surface area contributed by atoms with E-state index in [1.165, 1.54) is 12.2 Å². The lowest BCUT2D eigenvalue weighted by Crippen LogP contribution is -2.32. The summed E-state index contributed by atoms with van der Waals surface area (Å²) >= 11 is 0. The molecule has 0 bridgehead atoms. The highest BCUT2D eigenvalue weighted by molar-refractivity contribution is 6.12. The van der Waals surface area contributed by atoms with Crippen LogP contribution in [0.25, 0.3) is 0 Å². The number of unbranched alkanes of at least 4 members (excludes halogenated alkanes) is 1. The number of nitrogens with zero attached hydrogens (tertiary/aromatic N) is 1. The van der Waals surface area contributed by atoms with Crippen molar-refractivity contribution in [1.82, 2.24) is 4.90 Å². The van der Waals surface area contributed by atoms with E-state index < -0.39 is 24.2 Å². The number of rotatable bonds is 6. The van der Waals surface area contributed by atoms with Crippen molar-refractivity contribution in [2.24, 2.45) is 5.73 Å². The molecule has 0 aromatic heterocycles. The van der Waals surface area contributed by atoms with Crippen LogP contribution in [0.4, 0.5) is 13.2 Å². The van der Waals surface area contributed by atoms with Crippen molar-refractivity contribution in [3.05, 3.63) is 12.2 Å². The first-order chi connectivity index (χ1) is 10.5. The molecule has 4 N–H and O–H groups in total. The second kappa shape index (κ2) is 8.88. The lowest BCUT2D eigenvalue weighted by Gasteiger charge is -2.13. The number of halogens is 3. The smallest absolute Gasteiger partial charge is 0.480 e. The fourth-order valence-corrected chi connectivity index (χ4v) is 1.41. The summed E-state index contributed by atoms with van der Waals surface area (Å²) in [6, 6.07) is -0.872. The molecule has 11 heteroatoms. The molecule has 0 fully saturated rings. The van der Waals surface area contributed by atoms with Gasteiger partial charge >= 0.3 is 18.1 Å². The normalized spacial score (nSPS) is 15.2. The van der Waals surface area contributed by atoms with Gasteiger partial charge in [0.2, 0.25) is 0 Å². The average Bonchev–Trinajstić information content (AvgIpc) is 2.74. The molecule has 0 aromatic rings. The minimum atomic E-state index is -5.08. The molecule has 0 saturated heterocycles. The highest BCUT2D eigenvalue weighted by atomic mass is 19.4. The SMILES string of the molecule is N[C@@H](CCCCN1C(=O)C=CC1=O)C(=O)O.O=C(O)C(F)(F)F. The van der Waals surface area contributed by atoms with E-state index in [-0.39, 0.29) is 11.8 Å². The van der Waals surface area contributed by atoms with Gasteiger partial charge in [-0.3, -0.25) is 19.3 Å². The second-order valence-electron chi connectivity index (χ2n) is 4.40. The summed E-state index contributed by atoms with van der Waals surface area (Å²) in [5.74, 6) is -4.41. The van der Waals surface area contributed by atoms with Gasteiger partial charge < -0.3 is 15.9 Å². The summed E-state index contributed by atoms with van der Waals surface area (Å²) in [5.41, 5.74) is 5.31. The van der Waals surface area contributed by atoms with E-state index in [4.69, 9.17) is 20.7 Å². The summed E-state index contributed by atoms with van der Waals surface area (Å²) < 4.78 is 31.7. The molecule has 1 rings (SSSR count). The molecule has 1 heterocycles. The summed E-state index contributed by atoms with van der Waals surface area (Å²) in [5, 5.41) is 15.6. The topological polar surface area (TPSA) is 138 Å². The number of carbonyl (C=O) groups is 4. The number of hydrogen-bond donors (Lipinski definition) is 3. The van der Waals surface area contributed by atoms with Crippen LogP contribution in [0, 0.1) is 0 Å². The number of amides is 2. The second-order valence-corrected chi connectivity index (χ2v) is 4.40. The predicted octanol–water partition coefficient (Wildman–Crippen LogP) is 0.127. The first kappa shape index (κ1) is 20.6. The van der Waals surface area contributed by atoms with E-state index in [1.54, 1.807) is 0 Å². The quantitative estimate of drug-likeness (QED) is 0.461. The summed E-state index contributed by atoms with van der Waals surface area (Å²) in [6.07, 6.45) is -1.14. The monoisotopic (exact) mass is 340 g/mol. The molecule has 1 aliphatic heterocycles. The maximum Gasteiger partial charge on any atom is 0.490 e. The fourth-order valence-electron chi connectivity index (χ4n) is 1.41. The van der Waals surface area contributed by atoms with Gasteiger partial charge in [0.05, 0.1) is 0 Å². The van der Waals surface area contributed by atoms with Crippen LogP contribution in [0.15, 0.2) is 12.2 Å². The van der Waals surface area contributed by atoms with Crippen LogP contribution >= 0.6 is 0 Å². The minimum Gasteiger partial charge on any atom is -0.480 e. The molecule has 0 radical (unpaired) electrons. The van der Waals surface area contributed by atoms with E-state index in [1.807, 2.05) is 0 Å². The molecule has 8 nitrogen and oxygen atoms in total. The van der Waals surface area contributed by atoms with Crippen molar-refractivity contribution >= 4 is 23.8 Å². The highest BCUT2D eigenvalue weighted by Crippen LogP contribution is 2.13. The highest BCUT2D eigenvalue weighted by Gasteiger charge is 2.38. The van der Waals surface area contributed by atoms with Crippen LogP contribution in [0.5, 0.6) is 0 Å². The van der Waals surface area contributed by atoms with Crippen molar-refractivity contribution in [2.75, 3.05) is 6.54 Å². The molecule has 23 heavy (non-hydrogen) atoms. The van der Waals surface area contributed by atoms with Crippen molar-refractivity contribution in [2.45, 2.75) is 31.5 Å². The Bertz CT molecular complexity index is 486. The van der Waals surface area contributed by atoms with Crippen LogP contribution in [-0.4, -0.2) is 57.6 Å². The van der Waals surface area contributed by atoms with Crippen molar-refractivity contribution in [1.29, 1.82) is 0 Å². The lowest BCUT2D eigenvalue weighted by atomic mass is 10.1. The number of imide groups is 1. The maximum atomic E-state index is 11.1. The van der Waals surface area contributed by atoms with Gasteiger partial charge in [0, 0.05) is 18.7 Å². The number of alkyl halides is 3. The summed E-state index contributed by atoms with van der Waals surface area (Å²) in [7, 11) is 0. The summed E-state index contributed by atoms with van der Waals surface area (Å²) in [6.45, 7) is 0.316. The van der Waals surface area contributed by atoms with Gasteiger partial charge in [-0.25, -0.2) is 4.79 Å². The Labute approximate surface area is 128 Å². The Balaban J connectivity index is 0.000000585. The molecule has 1 atom stereocenters. The molecule has 0 unspecified atom stereocenters. The molecule has 0 spiro atoms. The largest absolute Gasteiger partial charge is 0.490 e. The fraction of sp³-hybridized carbons (Fsp3) is 0.500. The van der Waals surface area contributed by atoms with Crippen LogP contribution in [0.2, 0.25) is 0 Å². The Morgan fingerprint density at radius 1 is 1.13 bits per heavy atom. The number of nitrogens with two attached hydrogens (primary N) is 1. The Hall–Kier alpha value is -2.43. The van der Waals surface area contributed by atoms with Crippen molar-refractivity contribution in [3.63, 3.8) is 0 Å². The van der Waals surface area contributed by atoms with Gasteiger partial charge in [0.15, 0.2) is 0 Å². The van der Waals surface area contributed by atoms with E-state index in [9.17, 15) is 27.6 Å². The third-order valence-corrected chi connectivity index (χ3v) is 2.61. The van der Waals surface area contributed by atoms with Crippen molar-refractivity contribution < 1.29 is 42.6 Å². The lowest BCUT2D eigenvalue weighted by molar-refractivity contribution is -0.192. The number of carboxylic acid groups (broad SMARTS) is 2. The third kappa shape index (κ3) is 7.95. The Kier molecular flexibility index (Phi) is 7.94. The molecule has 0 saturated carbocycles. The Morgan fingerprint density at radius 3 is 1.91 bits per heavy atom. The van der Waals surface area contributed by atoms with E-state index in [0.29, 0.717) is 25.8 Å².